The fraction of sp³-hybridized carbons (Fsp3) is 0.571. The zero-order valence-corrected chi connectivity index (χ0v) is 10.9. The molecule has 17 heavy (non-hydrogen) atoms. The minimum absolute atomic E-state index is 0.168. The SMILES string of the molecule is C[C@H]1CN(C)CC[C@H]1N(C)c1ccc(F)cc1. The normalized spacial score (nSPS) is 25.9. The average Bonchev–Trinajstić information content (AvgIpc) is 2.29. The van der Waals surface area contributed by atoms with Gasteiger partial charge in [0.05, 0.1) is 0 Å². The first kappa shape index (κ1) is 12.4. The van der Waals surface area contributed by atoms with Crippen LogP contribution in [-0.4, -0.2) is 38.1 Å². The number of nitrogens with zero attached hydrogens (tertiary/aromatic N) is 2. The maximum Gasteiger partial charge on any atom is 0.123 e. The molecular weight excluding hydrogens is 215 g/mol. The molecule has 2 nitrogen and oxygen atoms in total. The Labute approximate surface area is 103 Å². The fourth-order valence-electron chi connectivity index (χ4n) is 2.78. The van der Waals surface area contributed by atoms with Gasteiger partial charge in [0.25, 0.3) is 0 Å². The van der Waals surface area contributed by atoms with Crippen LogP contribution in [0.4, 0.5) is 10.1 Å². The summed E-state index contributed by atoms with van der Waals surface area (Å²) < 4.78 is 12.9. The fourth-order valence-corrected chi connectivity index (χ4v) is 2.78. The molecule has 0 aromatic heterocycles. The van der Waals surface area contributed by atoms with E-state index in [1.807, 2.05) is 12.1 Å². The van der Waals surface area contributed by atoms with Crippen LogP contribution in [0.25, 0.3) is 0 Å². The molecule has 0 spiro atoms. The highest BCUT2D eigenvalue weighted by Crippen LogP contribution is 2.25. The van der Waals surface area contributed by atoms with Gasteiger partial charge in [0.2, 0.25) is 0 Å². The number of hydrogen-bond donors (Lipinski definition) is 0. The second kappa shape index (κ2) is 5.05. The van der Waals surface area contributed by atoms with Gasteiger partial charge >= 0.3 is 0 Å². The topological polar surface area (TPSA) is 6.48 Å². The lowest BCUT2D eigenvalue weighted by Gasteiger charge is -2.41. The van der Waals surface area contributed by atoms with Crippen molar-refractivity contribution in [2.45, 2.75) is 19.4 Å². The molecule has 0 unspecified atom stereocenters. The summed E-state index contributed by atoms with van der Waals surface area (Å²) in [7, 11) is 4.28. The smallest absolute Gasteiger partial charge is 0.123 e. The largest absolute Gasteiger partial charge is 0.371 e. The third-order valence-corrected chi connectivity index (χ3v) is 3.79. The number of piperidine rings is 1. The molecule has 2 rings (SSSR count). The lowest BCUT2D eigenvalue weighted by atomic mass is 9.92. The maximum atomic E-state index is 12.9. The third-order valence-electron chi connectivity index (χ3n) is 3.79. The van der Waals surface area contributed by atoms with Crippen LogP contribution in [0.15, 0.2) is 24.3 Å². The first-order valence-corrected chi connectivity index (χ1v) is 6.25. The van der Waals surface area contributed by atoms with Gasteiger partial charge in [0.15, 0.2) is 0 Å². The minimum Gasteiger partial charge on any atom is -0.371 e. The zero-order valence-electron chi connectivity index (χ0n) is 10.9. The first-order valence-electron chi connectivity index (χ1n) is 6.25. The van der Waals surface area contributed by atoms with Crippen molar-refractivity contribution in [3.05, 3.63) is 30.1 Å². The van der Waals surface area contributed by atoms with Crippen LogP contribution in [0, 0.1) is 11.7 Å². The molecule has 0 aliphatic carbocycles. The summed E-state index contributed by atoms with van der Waals surface area (Å²) in [6, 6.07) is 7.34. The summed E-state index contributed by atoms with van der Waals surface area (Å²) in [6.07, 6.45) is 1.17. The third kappa shape index (κ3) is 2.78. The Hall–Kier alpha value is -1.09. The van der Waals surface area contributed by atoms with Crippen molar-refractivity contribution in [3.8, 4) is 0 Å². The lowest BCUT2D eigenvalue weighted by molar-refractivity contribution is 0.194. The van der Waals surface area contributed by atoms with Gasteiger partial charge in [-0.15, -0.1) is 0 Å². The van der Waals surface area contributed by atoms with E-state index in [2.05, 4.69) is 30.8 Å². The number of anilines is 1. The monoisotopic (exact) mass is 236 g/mol. The summed E-state index contributed by atoms with van der Waals surface area (Å²) in [6.45, 7) is 4.57. The zero-order chi connectivity index (χ0) is 12.4. The van der Waals surface area contributed by atoms with Crippen LogP contribution in [0.2, 0.25) is 0 Å². The average molecular weight is 236 g/mol. The van der Waals surface area contributed by atoms with E-state index in [0.29, 0.717) is 12.0 Å². The van der Waals surface area contributed by atoms with Crippen molar-refractivity contribution < 1.29 is 4.39 Å². The maximum absolute atomic E-state index is 12.9. The molecule has 94 valence electrons. The quantitative estimate of drug-likeness (QED) is 0.779. The predicted octanol–water partition coefficient (Wildman–Crippen LogP) is 2.60. The van der Waals surface area contributed by atoms with Gasteiger partial charge < -0.3 is 9.80 Å². The van der Waals surface area contributed by atoms with Gasteiger partial charge in [-0.2, -0.15) is 0 Å². The lowest BCUT2D eigenvalue weighted by Crippen LogP contribution is -2.47. The molecule has 1 saturated heterocycles. The van der Waals surface area contributed by atoms with Crippen molar-refractivity contribution in [1.82, 2.24) is 4.90 Å². The number of halogens is 1. The molecule has 1 aromatic carbocycles. The number of rotatable bonds is 2. The van der Waals surface area contributed by atoms with E-state index in [-0.39, 0.29) is 5.82 Å². The second-order valence-electron chi connectivity index (χ2n) is 5.18. The van der Waals surface area contributed by atoms with Gasteiger partial charge in [-0.1, -0.05) is 6.92 Å². The molecule has 1 fully saturated rings. The van der Waals surface area contributed by atoms with E-state index >= 15 is 0 Å². The van der Waals surface area contributed by atoms with Crippen LogP contribution in [0.1, 0.15) is 13.3 Å². The number of benzene rings is 1. The first-order chi connectivity index (χ1) is 8.08. The van der Waals surface area contributed by atoms with Gasteiger partial charge in [0.1, 0.15) is 5.82 Å². The van der Waals surface area contributed by atoms with Crippen molar-refractivity contribution in [2.75, 3.05) is 32.1 Å². The minimum atomic E-state index is -0.168. The molecule has 1 aliphatic rings. The standard InChI is InChI=1S/C14H21FN2/c1-11-10-16(2)9-8-14(11)17(3)13-6-4-12(15)5-7-13/h4-7,11,14H,8-10H2,1-3H3/t11-,14+/m0/s1. The Morgan fingerprint density at radius 1 is 1.29 bits per heavy atom. The highest BCUT2D eigenvalue weighted by molar-refractivity contribution is 5.46. The Morgan fingerprint density at radius 2 is 1.94 bits per heavy atom. The van der Waals surface area contributed by atoms with Crippen LogP contribution in [0.3, 0.4) is 0 Å². The van der Waals surface area contributed by atoms with E-state index in [9.17, 15) is 4.39 Å². The van der Waals surface area contributed by atoms with Crippen LogP contribution < -0.4 is 4.90 Å². The molecule has 1 aromatic rings. The Morgan fingerprint density at radius 3 is 2.53 bits per heavy atom. The van der Waals surface area contributed by atoms with Gasteiger partial charge in [0, 0.05) is 25.3 Å². The summed E-state index contributed by atoms with van der Waals surface area (Å²) in [5.74, 6) is 0.474. The molecule has 1 heterocycles. The summed E-state index contributed by atoms with van der Waals surface area (Å²) in [4.78, 5) is 4.66. The molecule has 2 atom stereocenters. The Kier molecular flexibility index (Phi) is 3.67. The van der Waals surface area contributed by atoms with Gasteiger partial charge in [-0.25, -0.2) is 4.39 Å². The van der Waals surface area contributed by atoms with E-state index in [1.165, 1.54) is 18.6 Å². The van der Waals surface area contributed by atoms with E-state index in [4.69, 9.17) is 0 Å². The molecule has 1 aliphatic heterocycles. The van der Waals surface area contributed by atoms with Crippen molar-refractivity contribution >= 4 is 5.69 Å². The Bertz CT molecular complexity index is 363. The summed E-state index contributed by atoms with van der Waals surface area (Å²) >= 11 is 0. The molecule has 0 N–H and O–H groups in total. The van der Waals surface area contributed by atoms with Crippen LogP contribution in [0.5, 0.6) is 0 Å². The molecule has 0 radical (unpaired) electrons. The van der Waals surface area contributed by atoms with E-state index in [1.54, 1.807) is 0 Å². The second-order valence-corrected chi connectivity index (χ2v) is 5.18. The van der Waals surface area contributed by atoms with Crippen molar-refractivity contribution in [2.24, 2.45) is 5.92 Å². The van der Waals surface area contributed by atoms with Gasteiger partial charge in [-0.05, 0) is 50.2 Å². The molecular formula is C14H21FN2. The number of likely N-dealkylation sites (tertiary alicyclic amines) is 1. The predicted molar refractivity (Wildman–Crippen MR) is 69.9 cm³/mol. The molecule has 3 heteroatoms. The molecule has 0 saturated carbocycles. The highest BCUT2D eigenvalue weighted by atomic mass is 19.1. The van der Waals surface area contributed by atoms with Crippen LogP contribution >= 0.6 is 0 Å². The van der Waals surface area contributed by atoms with E-state index in [0.717, 1.165) is 18.8 Å². The van der Waals surface area contributed by atoms with Crippen molar-refractivity contribution in [3.63, 3.8) is 0 Å². The molecule has 0 amide bonds. The number of hydrogen-bond acceptors (Lipinski definition) is 2. The summed E-state index contributed by atoms with van der Waals surface area (Å²) in [5, 5.41) is 0. The Balaban J connectivity index is 2.09. The molecule has 0 bridgehead atoms. The highest BCUT2D eigenvalue weighted by Gasteiger charge is 2.27. The van der Waals surface area contributed by atoms with Gasteiger partial charge in [-0.3, -0.25) is 0 Å². The van der Waals surface area contributed by atoms with Crippen LogP contribution in [-0.2, 0) is 0 Å². The van der Waals surface area contributed by atoms with E-state index < -0.39 is 0 Å². The summed E-state index contributed by atoms with van der Waals surface area (Å²) in [5.41, 5.74) is 1.10. The van der Waals surface area contributed by atoms with Crippen molar-refractivity contribution in [1.29, 1.82) is 0 Å².